The van der Waals surface area contributed by atoms with Crippen molar-refractivity contribution in [2.75, 3.05) is 0 Å². The molecule has 22 heavy (non-hydrogen) atoms. The van der Waals surface area contributed by atoms with Crippen molar-refractivity contribution < 1.29 is 14.6 Å². The Balaban J connectivity index is 1.51. The number of aliphatic hydroxyl groups excluding tert-OH is 1. The number of aliphatic hydroxyl groups is 1. The van der Waals surface area contributed by atoms with Crippen LogP contribution in [-0.2, 0) is 9.53 Å². The number of epoxide rings is 1. The molecule has 4 aliphatic carbocycles. The molecular weight excluding hydrogens is 276 g/mol. The van der Waals surface area contributed by atoms with Crippen LogP contribution in [-0.4, -0.2) is 28.7 Å². The Morgan fingerprint density at radius 1 is 1.05 bits per heavy atom. The van der Waals surface area contributed by atoms with Crippen molar-refractivity contribution in [2.24, 2.45) is 28.6 Å². The average molecular weight is 304 g/mol. The van der Waals surface area contributed by atoms with Gasteiger partial charge in [0.2, 0.25) is 0 Å². The molecule has 1 N–H and O–H groups in total. The standard InChI is InChI=1S/C19H28O3/c1-17-8-6-13-11(12(17)3-4-15(17)21)5-10-19-16(22-19)14(20)7-9-18(13,19)2/h11-13,15-16,21H,3-10H2,1-2H3/t11-,12-,13-,15?,16?,17-,18+,19+/m0/s1. The highest BCUT2D eigenvalue weighted by molar-refractivity contribution is 5.88. The number of carbonyl (C=O) groups excluding carboxylic acids is 1. The van der Waals surface area contributed by atoms with Gasteiger partial charge in [0.05, 0.1) is 6.10 Å². The van der Waals surface area contributed by atoms with Gasteiger partial charge in [-0.1, -0.05) is 13.8 Å². The second-order valence-electron chi connectivity index (χ2n) is 9.32. The molecular formula is C19H28O3. The van der Waals surface area contributed by atoms with Crippen molar-refractivity contribution in [3.63, 3.8) is 0 Å². The van der Waals surface area contributed by atoms with Crippen molar-refractivity contribution in [1.82, 2.24) is 0 Å². The Labute approximate surface area is 132 Å². The lowest BCUT2D eigenvalue weighted by Gasteiger charge is -2.59. The van der Waals surface area contributed by atoms with Crippen molar-refractivity contribution in [2.45, 2.75) is 83.0 Å². The lowest BCUT2D eigenvalue weighted by Crippen LogP contribution is -2.58. The monoisotopic (exact) mass is 304 g/mol. The molecule has 0 aromatic heterocycles. The zero-order valence-electron chi connectivity index (χ0n) is 13.8. The molecule has 5 rings (SSSR count). The van der Waals surface area contributed by atoms with E-state index >= 15 is 0 Å². The summed E-state index contributed by atoms with van der Waals surface area (Å²) in [5, 5.41) is 10.5. The number of ether oxygens (including phenoxy) is 1. The molecule has 122 valence electrons. The number of Topliss-reactive ketones (excluding diaryl/α,β-unsaturated/α-hetero) is 1. The first kappa shape index (κ1) is 14.0. The summed E-state index contributed by atoms with van der Waals surface area (Å²) in [6, 6.07) is 0. The summed E-state index contributed by atoms with van der Waals surface area (Å²) in [7, 11) is 0. The predicted molar refractivity (Wildman–Crippen MR) is 82.2 cm³/mol. The van der Waals surface area contributed by atoms with Crippen LogP contribution in [0.15, 0.2) is 0 Å². The summed E-state index contributed by atoms with van der Waals surface area (Å²) < 4.78 is 6.09. The molecule has 0 amide bonds. The maximum absolute atomic E-state index is 12.1. The van der Waals surface area contributed by atoms with E-state index in [1.165, 1.54) is 19.3 Å². The van der Waals surface area contributed by atoms with Gasteiger partial charge in [-0.25, -0.2) is 0 Å². The van der Waals surface area contributed by atoms with Crippen LogP contribution in [0.5, 0.6) is 0 Å². The zero-order chi connectivity index (χ0) is 15.3. The number of rotatable bonds is 0. The first-order valence-corrected chi connectivity index (χ1v) is 9.31. The zero-order valence-corrected chi connectivity index (χ0v) is 13.8. The van der Waals surface area contributed by atoms with Crippen LogP contribution in [0.3, 0.4) is 0 Å². The van der Waals surface area contributed by atoms with E-state index in [0.717, 1.165) is 38.0 Å². The van der Waals surface area contributed by atoms with Crippen LogP contribution in [0.4, 0.5) is 0 Å². The Kier molecular flexibility index (Phi) is 2.52. The SMILES string of the molecule is C[C@]12CC[C@H]3[C@@H](CC[C@@]45OC4C(=O)CC[C@]35C)[C@@H]1CCC2O. The van der Waals surface area contributed by atoms with Crippen LogP contribution >= 0.6 is 0 Å². The van der Waals surface area contributed by atoms with E-state index in [-0.39, 0.29) is 28.6 Å². The van der Waals surface area contributed by atoms with Gasteiger partial charge in [-0.3, -0.25) is 4.79 Å². The highest BCUT2D eigenvalue weighted by Gasteiger charge is 2.76. The molecule has 0 radical (unpaired) electrons. The fourth-order valence-corrected chi connectivity index (χ4v) is 7.47. The van der Waals surface area contributed by atoms with Crippen molar-refractivity contribution in [1.29, 1.82) is 0 Å². The Morgan fingerprint density at radius 2 is 1.86 bits per heavy atom. The number of ketones is 1. The normalized spacial score (nSPS) is 62.7. The third kappa shape index (κ3) is 1.36. The fourth-order valence-electron chi connectivity index (χ4n) is 7.47. The molecule has 1 heterocycles. The van der Waals surface area contributed by atoms with Gasteiger partial charge in [0.15, 0.2) is 5.78 Å². The molecule has 3 nitrogen and oxygen atoms in total. The van der Waals surface area contributed by atoms with E-state index in [0.29, 0.717) is 17.6 Å². The molecule has 5 aliphatic rings. The molecule has 1 aliphatic heterocycles. The molecule has 4 saturated carbocycles. The largest absolute Gasteiger partial charge is 0.393 e. The second-order valence-corrected chi connectivity index (χ2v) is 9.32. The van der Waals surface area contributed by atoms with Gasteiger partial charge in [-0.05, 0) is 68.1 Å². The number of hydrogen-bond donors (Lipinski definition) is 1. The van der Waals surface area contributed by atoms with E-state index in [4.69, 9.17) is 4.74 Å². The van der Waals surface area contributed by atoms with Crippen LogP contribution in [0.1, 0.15) is 65.2 Å². The van der Waals surface area contributed by atoms with Gasteiger partial charge >= 0.3 is 0 Å². The Bertz CT molecular complexity index is 545. The van der Waals surface area contributed by atoms with Gasteiger partial charge in [0.1, 0.15) is 11.7 Å². The summed E-state index contributed by atoms with van der Waals surface area (Å²) in [4.78, 5) is 12.1. The fraction of sp³-hybridized carbons (Fsp3) is 0.947. The molecule has 0 bridgehead atoms. The summed E-state index contributed by atoms with van der Waals surface area (Å²) in [5.41, 5.74) is 0.244. The smallest absolute Gasteiger partial charge is 0.164 e. The Hall–Kier alpha value is -0.410. The number of hydrogen-bond acceptors (Lipinski definition) is 3. The molecule has 0 aromatic rings. The van der Waals surface area contributed by atoms with E-state index in [9.17, 15) is 9.90 Å². The van der Waals surface area contributed by atoms with E-state index in [2.05, 4.69) is 13.8 Å². The maximum Gasteiger partial charge on any atom is 0.164 e. The van der Waals surface area contributed by atoms with E-state index < -0.39 is 0 Å². The maximum atomic E-state index is 12.1. The van der Waals surface area contributed by atoms with Gasteiger partial charge in [-0.2, -0.15) is 0 Å². The summed E-state index contributed by atoms with van der Waals surface area (Å²) >= 11 is 0. The van der Waals surface area contributed by atoms with Gasteiger partial charge < -0.3 is 9.84 Å². The first-order chi connectivity index (χ1) is 10.4. The number of fused-ring (bicyclic) bond motifs is 4. The Morgan fingerprint density at radius 3 is 2.68 bits per heavy atom. The van der Waals surface area contributed by atoms with Crippen LogP contribution in [0.2, 0.25) is 0 Å². The highest BCUT2D eigenvalue weighted by Crippen LogP contribution is 2.72. The van der Waals surface area contributed by atoms with Crippen LogP contribution < -0.4 is 0 Å². The van der Waals surface area contributed by atoms with Crippen molar-refractivity contribution in [3.8, 4) is 0 Å². The molecule has 0 aromatic carbocycles. The average Bonchev–Trinajstić information content (AvgIpc) is 3.17. The molecule has 1 saturated heterocycles. The second kappa shape index (κ2) is 3.97. The molecule has 2 unspecified atom stereocenters. The predicted octanol–water partition coefficient (Wildman–Crippen LogP) is 3.09. The summed E-state index contributed by atoms with van der Waals surface area (Å²) in [6.45, 7) is 4.75. The van der Waals surface area contributed by atoms with Crippen LogP contribution in [0, 0.1) is 28.6 Å². The first-order valence-electron chi connectivity index (χ1n) is 9.31. The minimum atomic E-state index is -0.103. The minimum Gasteiger partial charge on any atom is -0.393 e. The third-order valence-electron chi connectivity index (χ3n) is 8.90. The van der Waals surface area contributed by atoms with Gasteiger partial charge in [0, 0.05) is 11.8 Å². The highest BCUT2D eigenvalue weighted by atomic mass is 16.6. The lowest BCUT2D eigenvalue weighted by atomic mass is 9.45. The summed E-state index contributed by atoms with van der Waals surface area (Å²) in [5.74, 6) is 2.48. The topological polar surface area (TPSA) is 49.8 Å². The van der Waals surface area contributed by atoms with Gasteiger partial charge in [-0.15, -0.1) is 0 Å². The van der Waals surface area contributed by atoms with Crippen LogP contribution in [0.25, 0.3) is 0 Å². The van der Waals surface area contributed by atoms with Crippen molar-refractivity contribution in [3.05, 3.63) is 0 Å². The van der Waals surface area contributed by atoms with Gasteiger partial charge in [0.25, 0.3) is 0 Å². The molecule has 3 heteroatoms. The summed E-state index contributed by atoms with van der Waals surface area (Å²) in [6.07, 6.45) is 8.42. The lowest BCUT2D eigenvalue weighted by molar-refractivity contribution is -0.133. The number of carbonyl (C=O) groups is 1. The molecule has 5 fully saturated rings. The van der Waals surface area contributed by atoms with Crippen molar-refractivity contribution >= 4 is 5.78 Å². The van der Waals surface area contributed by atoms with E-state index in [1.807, 2.05) is 0 Å². The molecule has 1 spiro atoms. The molecule has 8 atom stereocenters. The minimum absolute atomic E-state index is 0.0744. The third-order valence-corrected chi connectivity index (χ3v) is 8.90. The van der Waals surface area contributed by atoms with E-state index in [1.54, 1.807) is 0 Å². The quantitative estimate of drug-likeness (QED) is 0.700.